The molecule has 16 heavy (non-hydrogen) atoms. The molecule has 0 unspecified atom stereocenters. The van der Waals surface area contributed by atoms with Crippen LogP contribution in [-0.2, 0) is 6.54 Å². The van der Waals surface area contributed by atoms with Crippen LogP contribution in [0.15, 0.2) is 18.3 Å². The number of rotatable bonds is 3. The molecule has 2 aromatic heterocycles. The topological polar surface area (TPSA) is 29.3 Å². The Hall–Kier alpha value is -1.35. The monoisotopic (exact) mass is 217 g/mol. The summed E-state index contributed by atoms with van der Waals surface area (Å²) >= 11 is 0. The summed E-state index contributed by atoms with van der Waals surface area (Å²) in [6, 6.07) is 4.69. The maximum absolute atomic E-state index is 4.62. The summed E-state index contributed by atoms with van der Waals surface area (Å²) in [6.45, 7) is 9.32. The number of pyridine rings is 1. The predicted octanol–water partition coefficient (Wildman–Crippen LogP) is 2.45. The first kappa shape index (κ1) is 11.1. The van der Waals surface area contributed by atoms with Gasteiger partial charge in [-0.15, -0.1) is 0 Å². The maximum atomic E-state index is 4.62. The Kier molecular flexibility index (Phi) is 2.97. The zero-order valence-electron chi connectivity index (χ0n) is 10.4. The van der Waals surface area contributed by atoms with Gasteiger partial charge in [0.05, 0.1) is 11.2 Å². The number of imidazole rings is 1. The molecule has 0 atom stereocenters. The minimum absolute atomic E-state index is 0.487. The molecule has 2 heterocycles. The van der Waals surface area contributed by atoms with E-state index in [4.69, 9.17) is 0 Å². The molecule has 0 aliphatic rings. The van der Waals surface area contributed by atoms with Crippen molar-refractivity contribution < 1.29 is 0 Å². The van der Waals surface area contributed by atoms with Gasteiger partial charge in [-0.25, -0.2) is 4.98 Å². The zero-order chi connectivity index (χ0) is 11.7. The van der Waals surface area contributed by atoms with Crippen LogP contribution in [0, 0.1) is 13.8 Å². The highest BCUT2D eigenvalue weighted by Crippen LogP contribution is 2.16. The zero-order valence-corrected chi connectivity index (χ0v) is 10.4. The van der Waals surface area contributed by atoms with Crippen LogP contribution in [0.25, 0.3) is 5.52 Å². The third-order valence-corrected chi connectivity index (χ3v) is 2.79. The van der Waals surface area contributed by atoms with E-state index in [1.165, 1.54) is 11.1 Å². The SMILES string of the molecule is Cc1cccn2c(C)nc(CNC(C)C)c12. The lowest BCUT2D eigenvalue weighted by atomic mass is 10.2. The fraction of sp³-hybridized carbons (Fsp3) is 0.462. The van der Waals surface area contributed by atoms with Crippen molar-refractivity contribution in [3.8, 4) is 0 Å². The Morgan fingerprint density at radius 3 is 2.81 bits per heavy atom. The van der Waals surface area contributed by atoms with Crippen LogP contribution < -0.4 is 5.32 Å². The van der Waals surface area contributed by atoms with Crippen LogP contribution in [0.3, 0.4) is 0 Å². The van der Waals surface area contributed by atoms with Crippen molar-refractivity contribution in [2.75, 3.05) is 0 Å². The Labute approximate surface area is 96.5 Å². The average molecular weight is 217 g/mol. The van der Waals surface area contributed by atoms with Gasteiger partial charge in [0.15, 0.2) is 0 Å². The van der Waals surface area contributed by atoms with Crippen molar-refractivity contribution >= 4 is 5.52 Å². The van der Waals surface area contributed by atoms with Crippen molar-refractivity contribution in [2.45, 2.75) is 40.3 Å². The van der Waals surface area contributed by atoms with Gasteiger partial charge in [-0.1, -0.05) is 19.9 Å². The number of aromatic nitrogens is 2. The summed E-state index contributed by atoms with van der Waals surface area (Å²) in [4.78, 5) is 4.62. The first-order valence-corrected chi connectivity index (χ1v) is 5.76. The maximum Gasteiger partial charge on any atom is 0.110 e. The van der Waals surface area contributed by atoms with Gasteiger partial charge in [-0.3, -0.25) is 0 Å². The van der Waals surface area contributed by atoms with E-state index in [1.54, 1.807) is 0 Å². The minimum Gasteiger partial charge on any atom is -0.309 e. The van der Waals surface area contributed by atoms with Gasteiger partial charge in [0.1, 0.15) is 5.82 Å². The first-order chi connectivity index (χ1) is 7.59. The number of nitrogens with zero attached hydrogens (tertiary/aromatic N) is 2. The average Bonchev–Trinajstić information content (AvgIpc) is 2.55. The van der Waals surface area contributed by atoms with Crippen LogP contribution >= 0.6 is 0 Å². The second-order valence-electron chi connectivity index (χ2n) is 4.55. The van der Waals surface area contributed by atoms with E-state index >= 15 is 0 Å². The van der Waals surface area contributed by atoms with E-state index in [-0.39, 0.29) is 0 Å². The molecule has 86 valence electrons. The van der Waals surface area contributed by atoms with E-state index in [1.807, 2.05) is 6.92 Å². The van der Waals surface area contributed by atoms with Crippen LogP contribution in [0.2, 0.25) is 0 Å². The molecular weight excluding hydrogens is 198 g/mol. The van der Waals surface area contributed by atoms with Crippen molar-refractivity contribution in [3.63, 3.8) is 0 Å². The van der Waals surface area contributed by atoms with Crippen molar-refractivity contribution in [2.24, 2.45) is 0 Å². The molecule has 0 bridgehead atoms. The van der Waals surface area contributed by atoms with Gasteiger partial charge >= 0.3 is 0 Å². The van der Waals surface area contributed by atoms with E-state index in [2.05, 4.69) is 53.8 Å². The van der Waals surface area contributed by atoms with Crippen LogP contribution in [0.1, 0.15) is 30.9 Å². The number of hydrogen-bond donors (Lipinski definition) is 1. The molecule has 0 amide bonds. The fourth-order valence-corrected chi connectivity index (χ4v) is 1.98. The van der Waals surface area contributed by atoms with Crippen molar-refractivity contribution in [1.29, 1.82) is 0 Å². The van der Waals surface area contributed by atoms with Crippen LogP contribution in [-0.4, -0.2) is 15.4 Å². The van der Waals surface area contributed by atoms with Crippen LogP contribution in [0.5, 0.6) is 0 Å². The molecule has 0 saturated carbocycles. The van der Waals surface area contributed by atoms with Crippen molar-refractivity contribution in [1.82, 2.24) is 14.7 Å². The number of nitrogens with one attached hydrogen (secondary N) is 1. The predicted molar refractivity (Wildman–Crippen MR) is 66.6 cm³/mol. The summed E-state index contributed by atoms with van der Waals surface area (Å²) < 4.78 is 2.16. The number of fused-ring (bicyclic) bond motifs is 1. The highest BCUT2D eigenvalue weighted by molar-refractivity contribution is 5.59. The van der Waals surface area contributed by atoms with Gasteiger partial charge in [0.25, 0.3) is 0 Å². The molecule has 3 heteroatoms. The van der Waals surface area contributed by atoms with E-state index in [0.717, 1.165) is 18.1 Å². The molecule has 0 saturated heterocycles. The molecule has 0 fully saturated rings. The van der Waals surface area contributed by atoms with Gasteiger partial charge in [0, 0.05) is 18.8 Å². The lowest BCUT2D eigenvalue weighted by molar-refractivity contribution is 0.584. The second-order valence-corrected chi connectivity index (χ2v) is 4.55. The molecule has 0 aromatic carbocycles. The lowest BCUT2D eigenvalue weighted by Gasteiger charge is -2.07. The third-order valence-electron chi connectivity index (χ3n) is 2.79. The second kappa shape index (κ2) is 4.26. The van der Waals surface area contributed by atoms with Gasteiger partial charge in [-0.2, -0.15) is 0 Å². The van der Waals surface area contributed by atoms with E-state index in [9.17, 15) is 0 Å². The Balaban J connectivity index is 2.45. The number of aryl methyl sites for hydroxylation is 2. The highest BCUT2D eigenvalue weighted by Gasteiger charge is 2.09. The summed E-state index contributed by atoms with van der Waals surface area (Å²) in [5, 5.41) is 3.42. The molecule has 0 aliphatic heterocycles. The standard InChI is InChI=1S/C13H19N3/c1-9(2)14-8-12-13-10(3)6-5-7-16(13)11(4)15-12/h5-7,9,14H,8H2,1-4H3. The smallest absolute Gasteiger partial charge is 0.110 e. The first-order valence-electron chi connectivity index (χ1n) is 5.76. The molecule has 0 aliphatic carbocycles. The minimum atomic E-state index is 0.487. The summed E-state index contributed by atoms with van der Waals surface area (Å²) in [5.41, 5.74) is 3.67. The fourth-order valence-electron chi connectivity index (χ4n) is 1.98. The third kappa shape index (κ3) is 1.95. The van der Waals surface area contributed by atoms with Gasteiger partial charge in [0.2, 0.25) is 0 Å². The summed E-state index contributed by atoms with van der Waals surface area (Å²) in [7, 11) is 0. The van der Waals surface area contributed by atoms with Gasteiger partial charge < -0.3 is 9.72 Å². The van der Waals surface area contributed by atoms with Crippen LogP contribution in [0.4, 0.5) is 0 Å². The molecule has 0 radical (unpaired) electrons. The summed E-state index contributed by atoms with van der Waals surface area (Å²) in [6.07, 6.45) is 2.07. The Bertz CT molecular complexity index is 497. The molecule has 2 aromatic rings. The molecule has 0 spiro atoms. The molecule has 2 rings (SSSR count). The Morgan fingerprint density at radius 1 is 1.38 bits per heavy atom. The lowest BCUT2D eigenvalue weighted by Crippen LogP contribution is -2.22. The molecule has 1 N–H and O–H groups in total. The largest absolute Gasteiger partial charge is 0.309 e. The van der Waals surface area contributed by atoms with Crippen molar-refractivity contribution in [3.05, 3.63) is 35.4 Å². The normalized spacial score (nSPS) is 11.6. The molecular formula is C13H19N3. The Morgan fingerprint density at radius 2 is 2.12 bits per heavy atom. The van der Waals surface area contributed by atoms with E-state index < -0.39 is 0 Å². The molecule has 3 nitrogen and oxygen atoms in total. The summed E-state index contributed by atoms with van der Waals surface area (Å²) in [5.74, 6) is 1.05. The number of hydrogen-bond acceptors (Lipinski definition) is 2. The highest BCUT2D eigenvalue weighted by atomic mass is 15.0. The van der Waals surface area contributed by atoms with Gasteiger partial charge in [-0.05, 0) is 25.5 Å². The van der Waals surface area contributed by atoms with E-state index in [0.29, 0.717) is 6.04 Å². The quantitative estimate of drug-likeness (QED) is 0.855.